The molecular formula is C58H38N2O. The van der Waals surface area contributed by atoms with Gasteiger partial charge in [-0.25, -0.2) is 0 Å². The molecule has 12 aromatic rings. The van der Waals surface area contributed by atoms with Crippen molar-refractivity contribution in [1.82, 2.24) is 4.57 Å². The summed E-state index contributed by atoms with van der Waals surface area (Å²) in [5.74, 6) is 0. The van der Waals surface area contributed by atoms with Crippen LogP contribution in [-0.2, 0) is 0 Å². The topological polar surface area (TPSA) is 21.3 Å². The van der Waals surface area contributed by atoms with Crippen molar-refractivity contribution in [1.29, 1.82) is 0 Å². The van der Waals surface area contributed by atoms with Crippen LogP contribution in [0.5, 0.6) is 0 Å². The highest BCUT2D eigenvalue weighted by atomic mass is 16.3. The van der Waals surface area contributed by atoms with Crippen LogP contribution in [-0.4, -0.2) is 4.57 Å². The Labute approximate surface area is 370 Å². The average Bonchev–Trinajstić information content (AvgIpc) is 3.99. The van der Waals surface area contributed by atoms with Crippen LogP contribution < -0.4 is 4.90 Å². The maximum absolute atomic E-state index is 10.4. The van der Waals surface area contributed by atoms with E-state index < -0.39 is 78.2 Å². The van der Waals surface area contributed by atoms with E-state index in [2.05, 4.69) is 0 Å². The number of aromatic nitrogens is 1. The lowest BCUT2D eigenvalue weighted by molar-refractivity contribution is 0.669. The van der Waals surface area contributed by atoms with Gasteiger partial charge in [-0.2, -0.15) is 0 Å². The Bertz CT molecular complexity index is 4160. The molecule has 0 fully saturated rings. The third-order valence-electron chi connectivity index (χ3n) is 11.3. The molecule has 2 heterocycles. The first-order chi connectivity index (χ1) is 35.2. The molecule has 0 bridgehead atoms. The van der Waals surface area contributed by atoms with Crippen molar-refractivity contribution in [2.24, 2.45) is 0 Å². The second-order valence-corrected chi connectivity index (χ2v) is 14.8. The van der Waals surface area contributed by atoms with Gasteiger partial charge in [0.25, 0.3) is 0 Å². The van der Waals surface area contributed by atoms with Gasteiger partial charge in [0.15, 0.2) is 0 Å². The Morgan fingerprint density at radius 1 is 0.410 bits per heavy atom. The Kier molecular flexibility index (Phi) is 5.79. The predicted octanol–water partition coefficient (Wildman–Crippen LogP) is 16.3. The van der Waals surface area contributed by atoms with Crippen molar-refractivity contribution >= 4 is 71.6 Å². The van der Waals surface area contributed by atoms with E-state index in [9.17, 15) is 5.48 Å². The highest BCUT2D eigenvalue weighted by molar-refractivity contribution is 6.24. The molecule has 0 amide bonds. The van der Waals surface area contributed by atoms with Gasteiger partial charge >= 0.3 is 0 Å². The molecule has 0 unspecified atom stereocenters. The van der Waals surface area contributed by atoms with E-state index in [1.807, 2.05) is 163 Å². The summed E-state index contributed by atoms with van der Waals surface area (Å²) in [6.07, 6.45) is 0. The third kappa shape index (κ3) is 5.90. The third-order valence-corrected chi connectivity index (χ3v) is 11.3. The van der Waals surface area contributed by atoms with Gasteiger partial charge in [0.1, 0.15) is 11.2 Å². The first-order valence-electron chi connectivity index (χ1n) is 25.9. The molecule has 3 nitrogen and oxygen atoms in total. The summed E-state index contributed by atoms with van der Waals surface area (Å²) in [7, 11) is 0. The number of hydrogen-bond donors (Lipinski definition) is 0. The second kappa shape index (κ2) is 14.3. The number of anilines is 3. The zero-order valence-corrected chi connectivity index (χ0v) is 32.3. The Morgan fingerprint density at radius 3 is 1.72 bits per heavy atom. The minimum absolute atomic E-state index is 0.0783. The monoisotopic (exact) mass is 790 g/mol. The fraction of sp³-hybridized carbons (Fsp3) is 0. The van der Waals surface area contributed by atoms with Crippen LogP contribution in [0.2, 0.25) is 0 Å². The van der Waals surface area contributed by atoms with Crippen molar-refractivity contribution in [3.63, 3.8) is 0 Å². The van der Waals surface area contributed by atoms with Crippen LogP contribution in [0, 0.1) is 0 Å². The second-order valence-electron chi connectivity index (χ2n) is 14.8. The molecule has 12 rings (SSSR count). The molecule has 0 radical (unpaired) electrons. The lowest BCUT2D eigenvalue weighted by Crippen LogP contribution is -2.10. The van der Waals surface area contributed by atoms with Crippen LogP contribution in [0.4, 0.5) is 17.1 Å². The fourth-order valence-corrected chi connectivity index (χ4v) is 8.52. The number of furan rings is 1. The summed E-state index contributed by atoms with van der Waals surface area (Å²) < 4.78 is 118. The van der Waals surface area contributed by atoms with Gasteiger partial charge in [-0.1, -0.05) is 164 Å². The molecule has 286 valence electrons. The number of fused-ring (bicyclic) bond motifs is 8. The summed E-state index contributed by atoms with van der Waals surface area (Å²) in [6, 6.07) is 44.2. The van der Waals surface area contributed by atoms with Gasteiger partial charge in [0.05, 0.1) is 33.2 Å². The van der Waals surface area contributed by atoms with E-state index in [0.717, 1.165) is 49.0 Å². The molecule has 0 aliphatic heterocycles. The molecule has 10 aromatic carbocycles. The standard InChI is InChI=1S/C58H38N2O/c1-4-14-39(15-5-1)41-24-30-46(31-25-41)59(47-32-26-42(27-33-47)40-16-6-2-7-17-40)48-37-52(58-56(38-48)61-55-35-29-43-18-10-11-21-49(43)57(55)58)44-28-34-51-50-22-12-13-23-53(50)60(54(51)36-44)45-19-8-3-9-20-45/h1-38H/i3D,8D,9D,12D,13D,19D,20D,22D,23D,28D,34D,36D. The van der Waals surface area contributed by atoms with Gasteiger partial charge in [-0.15, -0.1) is 0 Å². The van der Waals surface area contributed by atoms with Crippen LogP contribution in [0.3, 0.4) is 0 Å². The molecule has 3 heteroatoms. The van der Waals surface area contributed by atoms with Gasteiger partial charge < -0.3 is 13.9 Å². The lowest BCUT2D eigenvalue weighted by atomic mass is 9.95. The molecule has 0 N–H and O–H groups in total. The predicted molar refractivity (Wildman–Crippen MR) is 257 cm³/mol. The maximum Gasteiger partial charge on any atom is 0.138 e. The molecule has 0 aliphatic rings. The van der Waals surface area contributed by atoms with Gasteiger partial charge in [-0.3, -0.25) is 0 Å². The fourth-order valence-electron chi connectivity index (χ4n) is 8.52. The molecule has 0 saturated carbocycles. The Balaban J connectivity index is 1.22. The normalized spacial score (nSPS) is 14.4. The summed E-state index contributed by atoms with van der Waals surface area (Å²) in [5.41, 5.74) is 6.25. The van der Waals surface area contributed by atoms with Crippen molar-refractivity contribution in [2.75, 3.05) is 4.90 Å². The highest BCUT2D eigenvalue weighted by Gasteiger charge is 2.22. The summed E-state index contributed by atoms with van der Waals surface area (Å²) >= 11 is 0. The first kappa shape index (κ1) is 24.7. The lowest BCUT2D eigenvalue weighted by Gasteiger charge is -2.27. The number of benzene rings is 10. The van der Waals surface area contributed by atoms with Crippen molar-refractivity contribution in [3.05, 3.63) is 230 Å². The van der Waals surface area contributed by atoms with E-state index in [1.165, 1.54) is 0 Å². The number of nitrogens with zero attached hydrogens (tertiary/aromatic N) is 2. The smallest absolute Gasteiger partial charge is 0.138 e. The van der Waals surface area contributed by atoms with Crippen molar-refractivity contribution < 1.29 is 20.9 Å². The molecule has 0 aliphatic carbocycles. The quantitative estimate of drug-likeness (QED) is 0.160. The van der Waals surface area contributed by atoms with Gasteiger partial charge in [-0.05, 0) is 105 Å². The SMILES string of the molecule is [2H]c1c([2H])c([2H])c(-n2c3c([2H])c([2H])c([2H])c([2H])c3c3c([2H])c([2H])c(-c4cc(N(c5ccc(-c6ccccc6)cc5)c5ccc(-c6ccccc6)cc5)cc5oc6ccc7ccccc7c6c45)c([2H])c32)c([2H])c1[2H]. The zero-order valence-electron chi connectivity index (χ0n) is 44.3. The van der Waals surface area contributed by atoms with Gasteiger partial charge in [0, 0.05) is 44.7 Å². The van der Waals surface area contributed by atoms with E-state index in [1.54, 1.807) is 0 Å². The van der Waals surface area contributed by atoms with Crippen LogP contribution >= 0.6 is 0 Å². The Morgan fingerprint density at radius 2 is 1.02 bits per heavy atom. The average molecular weight is 791 g/mol. The van der Waals surface area contributed by atoms with Crippen LogP contribution in [0.1, 0.15) is 16.4 Å². The maximum atomic E-state index is 10.4. The molecular weight excluding hydrogens is 741 g/mol. The van der Waals surface area contributed by atoms with E-state index in [4.69, 9.17) is 15.4 Å². The van der Waals surface area contributed by atoms with Crippen molar-refractivity contribution in [2.45, 2.75) is 0 Å². The minimum Gasteiger partial charge on any atom is -0.456 e. The molecule has 2 aromatic heterocycles. The van der Waals surface area contributed by atoms with E-state index in [0.29, 0.717) is 33.2 Å². The number of para-hydroxylation sites is 2. The zero-order chi connectivity index (χ0) is 50.7. The molecule has 0 atom stereocenters. The number of rotatable bonds is 7. The number of hydrogen-bond acceptors (Lipinski definition) is 2. The van der Waals surface area contributed by atoms with Crippen LogP contribution in [0.25, 0.3) is 93.6 Å². The van der Waals surface area contributed by atoms with Crippen molar-refractivity contribution in [3.8, 4) is 39.1 Å². The summed E-state index contributed by atoms with van der Waals surface area (Å²) in [6.45, 7) is 0. The highest BCUT2D eigenvalue weighted by Crippen LogP contribution is 2.47. The minimum atomic E-state index is -0.707. The molecule has 61 heavy (non-hydrogen) atoms. The first-order valence-corrected chi connectivity index (χ1v) is 19.9. The molecule has 0 spiro atoms. The van der Waals surface area contributed by atoms with Crippen LogP contribution in [0.15, 0.2) is 235 Å². The molecule has 0 saturated heterocycles. The summed E-state index contributed by atoms with van der Waals surface area (Å²) in [4.78, 5) is 2.04. The van der Waals surface area contributed by atoms with Gasteiger partial charge in [0.2, 0.25) is 0 Å². The van der Waals surface area contributed by atoms with E-state index >= 15 is 0 Å². The van der Waals surface area contributed by atoms with E-state index in [-0.39, 0.29) is 27.4 Å². The Hall–Kier alpha value is -8.14. The largest absolute Gasteiger partial charge is 0.456 e. The summed E-state index contributed by atoms with van der Waals surface area (Å²) in [5, 5.41) is 2.47.